The highest BCUT2D eigenvalue weighted by Crippen LogP contribution is 2.23. The molecule has 9 heteroatoms. The van der Waals surface area contributed by atoms with Gasteiger partial charge in [-0.25, -0.2) is 9.78 Å². The summed E-state index contributed by atoms with van der Waals surface area (Å²) >= 11 is 1.26. The molecular formula is C22H24N4O4S. The first-order chi connectivity index (χ1) is 15.1. The van der Waals surface area contributed by atoms with Gasteiger partial charge in [-0.3, -0.25) is 10.1 Å². The van der Waals surface area contributed by atoms with Gasteiger partial charge in [-0.05, 0) is 36.2 Å². The number of rotatable bonds is 9. The molecule has 0 atom stereocenters. The van der Waals surface area contributed by atoms with E-state index in [1.165, 1.54) is 18.4 Å². The molecule has 0 fully saturated rings. The zero-order chi connectivity index (χ0) is 22.1. The number of hydrogen-bond donors (Lipinski definition) is 3. The SMILES string of the molecule is COc1ccc(CCNC(=O)Cc2csc(NC(=O)Nc3ccccc3OC)n2)cc1. The molecular weight excluding hydrogens is 416 g/mol. The number of carbonyl (C=O) groups is 2. The zero-order valence-corrected chi connectivity index (χ0v) is 18.1. The molecule has 3 rings (SSSR count). The smallest absolute Gasteiger partial charge is 0.325 e. The molecule has 8 nitrogen and oxygen atoms in total. The quantitative estimate of drug-likeness (QED) is 0.471. The van der Waals surface area contributed by atoms with E-state index in [1.807, 2.05) is 30.3 Å². The zero-order valence-electron chi connectivity index (χ0n) is 17.3. The maximum Gasteiger partial charge on any atom is 0.325 e. The van der Waals surface area contributed by atoms with Crippen molar-refractivity contribution in [1.82, 2.24) is 10.3 Å². The van der Waals surface area contributed by atoms with Crippen LogP contribution in [0.15, 0.2) is 53.9 Å². The fourth-order valence-corrected chi connectivity index (χ4v) is 3.51. The summed E-state index contributed by atoms with van der Waals surface area (Å²) in [4.78, 5) is 28.7. The first kappa shape index (κ1) is 22.1. The van der Waals surface area contributed by atoms with E-state index in [9.17, 15) is 9.59 Å². The number of urea groups is 1. The lowest BCUT2D eigenvalue weighted by Crippen LogP contribution is -2.27. The van der Waals surface area contributed by atoms with Crippen LogP contribution in [-0.4, -0.2) is 37.7 Å². The molecule has 0 saturated carbocycles. The highest BCUT2D eigenvalue weighted by Gasteiger charge is 2.11. The molecule has 0 aliphatic rings. The number of benzene rings is 2. The molecule has 3 N–H and O–H groups in total. The van der Waals surface area contributed by atoms with E-state index >= 15 is 0 Å². The average Bonchev–Trinajstić information content (AvgIpc) is 3.20. The van der Waals surface area contributed by atoms with Crippen LogP contribution in [0.4, 0.5) is 15.6 Å². The maximum atomic E-state index is 12.2. The standard InChI is InChI=1S/C22H24N4O4S/c1-29-17-9-7-15(8-10-17)11-12-23-20(27)13-16-14-31-22(24-16)26-21(28)25-18-5-3-4-6-19(18)30-2/h3-10,14H,11-13H2,1-2H3,(H,23,27)(H2,24,25,26,28). The lowest BCUT2D eigenvalue weighted by atomic mass is 10.1. The van der Waals surface area contributed by atoms with Crippen LogP contribution < -0.4 is 25.4 Å². The fourth-order valence-electron chi connectivity index (χ4n) is 2.81. The Balaban J connectivity index is 1.43. The van der Waals surface area contributed by atoms with Crippen molar-refractivity contribution in [3.8, 4) is 11.5 Å². The lowest BCUT2D eigenvalue weighted by molar-refractivity contribution is -0.120. The van der Waals surface area contributed by atoms with Gasteiger partial charge in [0.15, 0.2) is 5.13 Å². The van der Waals surface area contributed by atoms with Crippen LogP contribution in [0.3, 0.4) is 0 Å². The lowest BCUT2D eigenvalue weighted by Gasteiger charge is -2.09. The van der Waals surface area contributed by atoms with Crippen LogP contribution in [0.5, 0.6) is 11.5 Å². The minimum Gasteiger partial charge on any atom is -0.497 e. The van der Waals surface area contributed by atoms with Gasteiger partial charge < -0.3 is 20.1 Å². The van der Waals surface area contributed by atoms with E-state index in [0.717, 1.165) is 17.7 Å². The molecule has 0 radical (unpaired) electrons. The van der Waals surface area contributed by atoms with Crippen LogP contribution in [0.1, 0.15) is 11.3 Å². The summed E-state index contributed by atoms with van der Waals surface area (Å²) in [6, 6.07) is 14.4. The normalized spacial score (nSPS) is 10.3. The number of aromatic nitrogens is 1. The Morgan fingerprint density at radius 3 is 2.52 bits per heavy atom. The largest absolute Gasteiger partial charge is 0.497 e. The van der Waals surface area contributed by atoms with Gasteiger partial charge in [0.2, 0.25) is 5.91 Å². The summed E-state index contributed by atoms with van der Waals surface area (Å²) in [6.07, 6.45) is 0.873. The molecule has 0 spiro atoms. The number of methoxy groups -OCH3 is 2. The third kappa shape index (κ3) is 6.71. The summed E-state index contributed by atoms with van der Waals surface area (Å²) in [7, 11) is 3.16. The number of para-hydroxylation sites is 2. The number of nitrogens with one attached hydrogen (secondary N) is 3. The molecule has 0 bridgehead atoms. The van der Waals surface area contributed by atoms with E-state index in [1.54, 1.807) is 30.7 Å². The molecule has 2 aromatic carbocycles. The predicted molar refractivity (Wildman–Crippen MR) is 121 cm³/mol. The Kier molecular flexibility index (Phi) is 7.83. The molecule has 162 valence electrons. The highest BCUT2D eigenvalue weighted by molar-refractivity contribution is 7.14. The molecule has 3 amide bonds. The van der Waals surface area contributed by atoms with Crippen molar-refractivity contribution in [2.24, 2.45) is 0 Å². The molecule has 0 aliphatic carbocycles. The Labute approximate surface area is 184 Å². The Morgan fingerprint density at radius 1 is 1.00 bits per heavy atom. The second-order valence-corrected chi connectivity index (χ2v) is 7.41. The third-order valence-electron chi connectivity index (χ3n) is 4.36. The van der Waals surface area contributed by atoms with Crippen LogP contribution in [0, 0.1) is 0 Å². The van der Waals surface area contributed by atoms with Crippen molar-refractivity contribution in [2.75, 3.05) is 31.4 Å². The Morgan fingerprint density at radius 2 is 1.77 bits per heavy atom. The van der Waals surface area contributed by atoms with Gasteiger partial charge in [0, 0.05) is 11.9 Å². The van der Waals surface area contributed by atoms with Gasteiger partial charge in [-0.1, -0.05) is 24.3 Å². The second-order valence-electron chi connectivity index (χ2n) is 6.55. The first-order valence-corrected chi connectivity index (χ1v) is 10.5. The maximum absolute atomic E-state index is 12.2. The number of anilines is 2. The predicted octanol–water partition coefficient (Wildman–Crippen LogP) is 3.71. The number of carbonyl (C=O) groups excluding carboxylic acids is 2. The summed E-state index contributed by atoms with van der Waals surface area (Å²) in [5, 5.41) is 10.4. The number of ether oxygens (including phenoxy) is 2. The number of amides is 3. The van der Waals surface area contributed by atoms with Crippen molar-refractivity contribution in [3.63, 3.8) is 0 Å². The van der Waals surface area contributed by atoms with Gasteiger partial charge in [0.25, 0.3) is 0 Å². The monoisotopic (exact) mass is 440 g/mol. The number of hydrogen-bond acceptors (Lipinski definition) is 6. The van der Waals surface area contributed by atoms with Crippen LogP contribution >= 0.6 is 11.3 Å². The van der Waals surface area contributed by atoms with Crippen LogP contribution in [0.2, 0.25) is 0 Å². The van der Waals surface area contributed by atoms with Crippen molar-refractivity contribution in [2.45, 2.75) is 12.8 Å². The van der Waals surface area contributed by atoms with E-state index in [2.05, 4.69) is 20.9 Å². The van der Waals surface area contributed by atoms with Crippen LogP contribution in [-0.2, 0) is 17.6 Å². The van der Waals surface area contributed by atoms with E-state index in [4.69, 9.17) is 9.47 Å². The summed E-state index contributed by atoms with van der Waals surface area (Å²) in [6.45, 7) is 0.529. The van der Waals surface area contributed by atoms with Gasteiger partial charge in [0.1, 0.15) is 11.5 Å². The van der Waals surface area contributed by atoms with E-state index < -0.39 is 6.03 Å². The van der Waals surface area contributed by atoms with E-state index in [0.29, 0.717) is 28.8 Å². The molecule has 0 unspecified atom stereocenters. The fraction of sp³-hybridized carbons (Fsp3) is 0.227. The number of thiazole rings is 1. The average molecular weight is 441 g/mol. The molecule has 31 heavy (non-hydrogen) atoms. The minimum absolute atomic E-state index is 0.121. The first-order valence-electron chi connectivity index (χ1n) is 9.62. The van der Waals surface area contributed by atoms with Gasteiger partial charge in [-0.2, -0.15) is 0 Å². The second kappa shape index (κ2) is 11.0. The molecule has 0 aliphatic heterocycles. The summed E-state index contributed by atoms with van der Waals surface area (Å²) < 4.78 is 10.3. The summed E-state index contributed by atoms with van der Waals surface area (Å²) in [5.74, 6) is 1.24. The summed E-state index contributed by atoms with van der Waals surface area (Å²) in [5.41, 5.74) is 2.26. The van der Waals surface area contributed by atoms with E-state index in [-0.39, 0.29) is 12.3 Å². The Bertz CT molecular complexity index is 1020. The van der Waals surface area contributed by atoms with Crippen molar-refractivity contribution < 1.29 is 19.1 Å². The van der Waals surface area contributed by atoms with Gasteiger partial charge >= 0.3 is 6.03 Å². The molecule has 0 saturated heterocycles. The van der Waals surface area contributed by atoms with Crippen LogP contribution in [0.25, 0.3) is 0 Å². The van der Waals surface area contributed by atoms with Crippen molar-refractivity contribution in [3.05, 3.63) is 65.2 Å². The third-order valence-corrected chi connectivity index (χ3v) is 5.17. The van der Waals surface area contributed by atoms with Gasteiger partial charge in [0.05, 0.1) is 32.0 Å². The Hall–Kier alpha value is -3.59. The molecule has 1 heterocycles. The van der Waals surface area contributed by atoms with Crippen molar-refractivity contribution in [1.29, 1.82) is 0 Å². The molecule has 1 aromatic heterocycles. The minimum atomic E-state index is -0.436. The molecule has 3 aromatic rings. The van der Waals surface area contributed by atoms with Crippen molar-refractivity contribution >= 4 is 34.1 Å². The number of nitrogens with zero attached hydrogens (tertiary/aromatic N) is 1. The highest BCUT2D eigenvalue weighted by atomic mass is 32.1. The van der Waals surface area contributed by atoms with Gasteiger partial charge in [-0.15, -0.1) is 11.3 Å². The topological polar surface area (TPSA) is 102 Å².